The van der Waals surface area contributed by atoms with Crippen LogP contribution in [-0.4, -0.2) is 41.3 Å². The van der Waals surface area contributed by atoms with Crippen molar-refractivity contribution in [1.29, 1.82) is 0 Å². The van der Waals surface area contributed by atoms with Crippen LogP contribution in [0.25, 0.3) is 0 Å². The Labute approximate surface area is 157 Å². The minimum absolute atomic E-state index is 0.110. The molecule has 0 aromatic heterocycles. The van der Waals surface area contributed by atoms with Crippen LogP contribution >= 0.6 is 0 Å². The van der Waals surface area contributed by atoms with Crippen molar-refractivity contribution in [3.63, 3.8) is 0 Å². The molecule has 6 N–H and O–H groups in total. The third kappa shape index (κ3) is 5.21. The summed E-state index contributed by atoms with van der Waals surface area (Å²) in [7, 11) is 1.24. The standard InChI is InChI=1S/C20H24N2O5/c1-12(14-6-4-3-5-7-14)18(21)19(25)22-15(20(26)27-2)10-13-8-9-16(23)17(24)11-13/h3-9,11-12,15,18,23-24H,10,21H2,1-2H3,(H,22,25)/p+1/t12-,15+,18+/m1/s1. The average molecular weight is 373 g/mol. The number of benzene rings is 2. The van der Waals surface area contributed by atoms with Crippen molar-refractivity contribution in [1.82, 2.24) is 5.32 Å². The van der Waals surface area contributed by atoms with Crippen LogP contribution < -0.4 is 11.1 Å². The van der Waals surface area contributed by atoms with E-state index in [0.717, 1.165) is 5.56 Å². The predicted molar refractivity (Wildman–Crippen MR) is 99.0 cm³/mol. The molecule has 7 heteroatoms. The lowest BCUT2D eigenvalue weighted by molar-refractivity contribution is -0.408. The Bertz CT molecular complexity index is 794. The number of phenolic OH excluding ortho intramolecular Hbond substituents is 2. The molecule has 0 heterocycles. The first-order chi connectivity index (χ1) is 12.8. The van der Waals surface area contributed by atoms with Gasteiger partial charge in [0.15, 0.2) is 17.5 Å². The number of amides is 1. The second-order valence-electron chi connectivity index (χ2n) is 6.42. The summed E-state index contributed by atoms with van der Waals surface area (Å²) in [5, 5.41) is 21.7. The lowest BCUT2D eigenvalue weighted by atomic mass is 9.93. The lowest BCUT2D eigenvalue weighted by Gasteiger charge is -2.21. The highest BCUT2D eigenvalue weighted by Crippen LogP contribution is 2.25. The first-order valence-electron chi connectivity index (χ1n) is 8.60. The molecule has 0 aliphatic carbocycles. The molecular weight excluding hydrogens is 348 g/mol. The molecule has 0 aliphatic heterocycles. The van der Waals surface area contributed by atoms with Gasteiger partial charge in [0, 0.05) is 12.3 Å². The number of ether oxygens (including phenoxy) is 1. The summed E-state index contributed by atoms with van der Waals surface area (Å²) in [4.78, 5) is 24.7. The molecule has 0 saturated heterocycles. The Hall–Kier alpha value is -3.06. The number of aromatic hydroxyl groups is 2. The van der Waals surface area contributed by atoms with E-state index >= 15 is 0 Å². The van der Waals surface area contributed by atoms with E-state index in [1.165, 1.54) is 19.2 Å². The van der Waals surface area contributed by atoms with Gasteiger partial charge in [-0.1, -0.05) is 43.3 Å². The van der Waals surface area contributed by atoms with Crippen molar-refractivity contribution >= 4 is 11.9 Å². The minimum atomic E-state index is -0.932. The maximum atomic E-state index is 12.6. The Morgan fingerprint density at radius 1 is 1.11 bits per heavy atom. The Morgan fingerprint density at radius 3 is 2.37 bits per heavy atom. The third-order valence-corrected chi connectivity index (χ3v) is 4.55. The van der Waals surface area contributed by atoms with Gasteiger partial charge in [-0.3, -0.25) is 4.79 Å². The van der Waals surface area contributed by atoms with Crippen LogP contribution in [0.15, 0.2) is 48.5 Å². The number of carbonyl (C=O) groups excluding carboxylic acids is 2. The number of quaternary nitrogens is 1. The molecule has 144 valence electrons. The molecule has 0 aliphatic rings. The van der Waals surface area contributed by atoms with E-state index in [9.17, 15) is 19.8 Å². The summed E-state index contributed by atoms with van der Waals surface area (Å²) in [5.74, 6) is -1.66. The van der Waals surface area contributed by atoms with Crippen molar-refractivity contribution in [3.8, 4) is 11.5 Å². The lowest BCUT2D eigenvalue weighted by Crippen LogP contribution is -2.70. The fourth-order valence-corrected chi connectivity index (χ4v) is 2.76. The number of carbonyl (C=O) groups is 2. The summed E-state index contributed by atoms with van der Waals surface area (Å²) < 4.78 is 4.78. The molecule has 0 spiro atoms. The normalized spacial score (nSPS) is 14.0. The zero-order valence-electron chi connectivity index (χ0n) is 15.4. The second kappa shape index (κ2) is 9.05. The van der Waals surface area contributed by atoms with Crippen molar-refractivity contribution < 1.29 is 30.3 Å². The molecule has 2 aromatic carbocycles. The fourth-order valence-electron chi connectivity index (χ4n) is 2.76. The van der Waals surface area contributed by atoms with E-state index in [2.05, 4.69) is 11.1 Å². The predicted octanol–water partition coefficient (Wildman–Crippen LogP) is 0.712. The zero-order chi connectivity index (χ0) is 20.0. The van der Waals surface area contributed by atoms with Gasteiger partial charge in [0.25, 0.3) is 5.91 Å². The molecular formula is C20H25N2O5+. The average Bonchev–Trinajstić information content (AvgIpc) is 2.69. The summed E-state index contributed by atoms with van der Waals surface area (Å²) >= 11 is 0. The number of hydrogen-bond donors (Lipinski definition) is 4. The van der Waals surface area contributed by atoms with Crippen molar-refractivity contribution in [2.45, 2.75) is 31.3 Å². The molecule has 7 nitrogen and oxygen atoms in total. The highest BCUT2D eigenvalue weighted by molar-refractivity contribution is 5.87. The van der Waals surface area contributed by atoms with Gasteiger partial charge >= 0.3 is 5.97 Å². The molecule has 0 saturated carbocycles. The summed E-state index contributed by atoms with van der Waals surface area (Å²) in [6.07, 6.45) is 0.110. The van der Waals surface area contributed by atoms with Gasteiger partial charge in [0.05, 0.1) is 7.11 Å². The van der Waals surface area contributed by atoms with E-state index in [0.29, 0.717) is 5.56 Å². The maximum Gasteiger partial charge on any atom is 0.328 e. The van der Waals surface area contributed by atoms with Gasteiger partial charge < -0.3 is 26.0 Å². The summed E-state index contributed by atoms with van der Waals surface area (Å²) in [5.41, 5.74) is 5.49. The van der Waals surface area contributed by atoms with Gasteiger partial charge in [0.2, 0.25) is 0 Å². The van der Waals surface area contributed by atoms with Crippen LogP contribution in [0.3, 0.4) is 0 Å². The Morgan fingerprint density at radius 2 is 1.78 bits per heavy atom. The quantitative estimate of drug-likeness (QED) is 0.420. The number of hydrogen-bond acceptors (Lipinski definition) is 5. The maximum absolute atomic E-state index is 12.6. The van der Waals surface area contributed by atoms with Crippen molar-refractivity contribution in [2.24, 2.45) is 0 Å². The topological polar surface area (TPSA) is 124 Å². The van der Waals surface area contributed by atoms with Gasteiger partial charge in [-0.05, 0) is 23.3 Å². The largest absolute Gasteiger partial charge is 0.504 e. The van der Waals surface area contributed by atoms with Crippen LogP contribution in [0.5, 0.6) is 11.5 Å². The fraction of sp³-hybridized carbons (Fsp3) is 0.300. The molecule has 27 heavy (non-hydrogen) atoms. The van der Waals surface area contributed by atoms with Gasteiger partial charge in [-0.25, -0.2) is 4.79 Å². The van der Waals surface area contributed by atoms with Crippen LogP contribution in [0.4, 0.5) is 0 Å². The number of rotatable bonds is 7. The van der Waals surface area contributed by atoms with Gasteiger partial charge in [0.1, 0.15) is 6.04 Å². The molecule has 0 bridgehead atoms. The van der Waals surface area contributed by atoms with E-state index < -0.39 is 18.1 Å². The second-order valence-corrected chi connectivity index (χ2v) is 6.42. The first-order valence-corrected chi connectivity index (χ1v) is 8.60. The van der Waals surface area contributed by atoms with Gasteiger partial charge in [-0.15, -0.1) is 0 Å². The molecule has 0 fully saturated rings. The smallest absolute Gasteiger partial charge is 0.328 e. The monoisotopic (exact) mass is 373 g/mol. The molecule has 0 unspecified atom stereocenters. The minimum Gasteiger partial charge on any atom is -0.504 e. The molecule has 1 amide bonds. The first kappa shape index (κ1) is 20.3. The van der Waals surface area contributed by atoms with Crippen molar-refractivity contribution in [3.05, 3.63) is 59.7 Å². The van der Waals surface area contributed by atoms with Crippen LogP contribution in [0, 0.1) is 0 Å². The summed E-state index contributed by atoms with van der Waals surface area (Å²) in [6, 6.07) is 12.2. The zero-order valence-corrected chi connectivity index (χ0v) is 15.4. The van der Waals surface area contributed by atoms with Crippen LogP contribution in [-0.2, 0) is 20.7 Å². The number of phenols is 2. The number of esters is 1. The number of nitrogens with one attached hydrogen (secondary N) is 1. The summed E-state index contributed by atoms with van der Waals surface area (Å²) in [6.45, 7) is 1.90. The number of methoxy groups -OCH3 is 1. The highest BCUT2D eigenvalue weighted by atomic mass is 16.5. The van der Waals surface area contributed by atoms with Crippen LogP contribution in [0.2, 0.25) is 0 Å². The van der Waals surface area contributed by atoms with E-state index in [1.54, 1.807) is 6.07 Å². The van der Waals surface area contributed by atoms with Gasteiger partial charge in [-0.2, -0.15) is 0 Å². The highest BCUT2D eigenvalue weighted by Gasteiger charge is 2.30. The molecule has 3 atom stereocenters. The third-order valence-electron chi connectivity index (χ3n) is 4.55. The van der Waals surface area contributed by atoms with Crippen LogP contribution in [0.1, 0.15) is 24.0 Å². The Balaban J connectivity index is 2.11. The van der Waals surface area contributed by atoms with Crippen molar-refractivity contribution in [2.75, 3.05) is 7.11 Å². The van der Waals surface area contributed by atoms with E-state index in [4.69, 9.17) is 4.74 Å². The van der Waals surface area contributed by atoms with E-state index in [1.807, 2.05) is 37.3 Å². The molecule has 2 aromatic rings. The Kier molecular flexibility index (Phi) is 6.79. The SMILES string of the molecule is COC(=O)[C@H](Cc1ccc(O)c(O)c1)NC(=O)[C@@H]([NH3+])[C@H](C)c1ccccc1. The molecule has 2 rings (SSSR count). The molecule has 0 radical (unpaired) electrons. The van der Waals surface area contributed by atoms with E-state index in [-0.39, 0.29) is 29.7 Å².